The van der Waals surface area contributed by atoms with Gasteiger partial charge in [0.2, 0.25) is 5.91 Å². The molecule has 0 aliphatic heterocycles. The zero-order chi connectivity index (χ0) is 12.9. The predicted molar refractivity (Wildman–Crippen MR) is 75.2 cm³/mol. The number of rotatable bonds is 7. The van der Waals surface area contributed by atoms with Crippen molar-refractivity contribution in [2.75, 3.05) is 12.8 Å². The van der Waals surface area contributed by atoms with Crippen LogP contribution in [0.2, 0.25) is 0 Å². The minimum Gasteiger partial charge on any atom is -0.368 e. The number of hydrogen-bond acceptors (Lipinski definition) is 3. The highest BCUT2D eigenvalue weighted by Crippen LogP contribution is 2.31. The third-order valence-corrected chi connectivity index (χ3v) is 5.28. The molecule has 1 rings (SSSR count). The number of amides is 1. The maximum Gasteiger partial charge on any atom is 0.237 e. The minimum atomic E-state index is -0.567. The average molecular weight is 258 g/mol. The number of carbonyl (C=O) groups excluding carboxylic acids is 1. The molecule has 0 aromatic rings. The van der Waals surface area contributed by atoms with Gasteiger partial charge in [0, 0.05) is 5.25 Å². The summed E-state index contributed by atoms with van der Waals surface area (Å²) in [7, 11) is 1.80. The molecule has 1 fully saturated rings. The van der Waals surface area contributed by atoms with Gasteiger partial charge in [-0.1, -0.05) is 19.8 Å². The lowest BCUT2D eigenvalue weighted by atomic mass is 9.95. The van der Waals surface area contributed by atoms with Crippen molar-refractivity contribution in [1.82, 2.24) is 5.32 Å². The van der Waals surface area contributed by atoms with E-state index in [0.717, 1.165) is 12.3 Å². The molecule has 100 valence electrons. The fourth-order valence-corrected chi connectivity index (χ4v) is 3.82. The van der Waals surface area contributed by atoms with Crippen molar-refractivity contribution in [3.63, 3.8) is 0 Å². The summed E-state index contributed by atoms with van der Waals surface area (Å²) in [5.74, 6) is 1.88. The average Bonchev–Trinajstić information content (AvgIpc) is 2.78. The predicted octanol–water partition coefficient (Wildman–Crippen LogP) is 2.15. The molecule has 0 saturated heterocycles. The summed E-state index contributed by atoms with van der Waals surface area (Å²) in [6.45, 7) is 4.08. The first-order valence-electron chi connectivity index (χ1n) is 6.58. The number of likely N-dealkylation sites (N-methyl/N-ethyl adjacent to an activating group) is 1. The zero-order valence-electron chi connectivity index (χ0n) is 11.3. The van der Waals surface area contributed by atoms with Gasteiger partial charge in [-0.2, -0.15) is 11.8 Å². The standard InChI is InChI=1S/C13H26N2OS/c1-10(8-13(2,15-3)12(14)16)17-9-11-6-4-5-7-11/h10-11,15H,4-9H2,1-3H3,(H2,14,16). The van der Waals surface area contributed by atoms with E-state index in [9.17, 15) is 4.79 Å². The Morgan fingerprint density at radius 2 is 2.12 bits per heavy atom. The second-order valence-electron chi connectivity index (χ2n) is 5.44. The van der Waals surface area contributed by atoms with Crippen LogP contribution in [0, 0.1) is 5.92 Å². The van der Waals surface area contributed by atoms with Crippen molar-refractivity contribution < 1.29 is 4.79 Å². The molecule has 0 aromatic carbocycles. The van der Waals surface area contributed by atoms with Crippen LogP contribution in [-0.4, -0.2) is 29.5 Å². The second kappa shape index (κ2) is 6.64. The molecule has 1 saturated carbocycles. The van der Waals surface area contributed by atoms with Gasteiger partial charge >= 0.3 is 0 Å². The van der Waals surface area contributed by atoms with Crippen LogP contribution in [0.3, 0.4) is 0 Å². The molecule has 1 amide bonds. The van der Waals surface area contributed by atoms with Crippen LogP contribution in [0.4, 0.5) is 0 Å². The van der Waals surface area contributed by atoms with Gasteiger partial charge < -0.3 is 11.1 Å². The number of hydrogen-bond donors (Lipinski definition) is 2. The first-order valence-corrected chi connectivity index (χ1v) is 7.63. The maximum absolute atomic E-state index is 11.4. The number of primary amides is 1. The van der Waals surface area contributed by atoms with E-state index in [1.165, 1.54) is 31.4 Å². The van der Waals surface area contributed by atoms with Crippen LogP contribution in [-0.2, 0) is 4.79 Å². The van der Waals surface area contributed by atoms with Crippen molar-refractivity contribution >= 4 is 17.7 Å². The largest absolute Gasteiger partial charge is 0.368 e. The van der Waals surface area contributed by atoms with E-state index in [1.807, 2.05) is 18.7 Å². The van der Waals surface area contributed by atoms with E-state index < -0.39 is 5.54 Å². The highest BCUT2D eigenvalue weighted by Gasteiger charge is 2.31. The van der Waals surface area contributed by atoms with Gasteiger partial charge in [0.25, 0.3) is 0 Å². The number of nitrogens with one attached hydrogen (secondary N) is 1. The molecule has 2 unspecified atom stereocenters. The first-order chi connectivity index (χ1) is 7.98. The van der Waals surface area contributed by atoms with E-state index >= 15 is 0 Å². The zero-order valence-corrected chi connectivity index (χ0v) is 12.1. The summed E-state index contributed by atoms with van der Waals surface area (Å²) < 4.78 is 0. The van der Waals surface area contributed by atoms with Crippen LogP contribution in [0.1, 0.15) is 46.0 Å². The van der Waals surface area contributed by atoms with E-state index in [1.54, 1.807) is 7.05 Å². The smallest absolute Gasteiger partial charge is 0.237 e. The highest BCUT2D eigenvalue weighted by molar-refractivity contribution is 7.99. The molecule has 0 radical (unpaired) electrons. The maximum atomic E-state index is 11.4. The van der Waals surface area contributed by atoms with Crippen molar-refractivity contribution in [3.05, 3.63) is 0 Å². The van der Waals surface area contributed by atoms with E-state index in [-0.39, 0.29) is 5.91 Å². The Morgan fingerprint density at radius 3 is 2.59 bits per heavy atom. The van der Waals surface area contributed by atoms with Crippen LogP contribution < -0.4 is 11.1 Å². The van der Waals surface area contributed by atoms with Crippen molar-refractivity contribution in [1.29, 1.82) is 0 Å². The summed E-state index contributed by atoms with van der Waals surface area (Å²) in [4.78, 5) is 11.4. The van der Waals surface area contributed by atoms with Gasteiger partial charge in [-0.05, 0) is 44.9 Å². The van der Waals surface area contributed by atoms with Gasteiger partial charge in [0.05, 0.1) is 5.54 Å². The van der Waals surface area contributed by atoms with Crippen LogP contribution in [0.5, 0.6) is 0 Å². The van der Waals surface area contributed by atoms with Crippen LogP contribution in [0.25, 0.3) is 0 Å². The van der Waals surface area contributed by atoms with E-state index in [0.29, 0.717) is 5.25 Å². The lowest BCUT2D eigenvalue weighted by Crippen LogP contribution is -2.52. The fourth-order valence-electron chi connectivity index (χ4n) is 2.44. The van der Waals surface area contributed by atoms with Gasteiger partial charge in [-0.25, -0.2) is 0 Å². The Bertz CT molecular complexity index is 254. The Balaban J connectivity index is 2.31. The molecule has 4 heteroatoms. The molecule has 0 aromatic heterocycles. The van der Waals surface area contributed by atoms with Gasteiger partial charge in [0.1, 0.15) is 0 Å². The normalized spacial score (nSPS) is 22.3. The fraction of sp³-hybridized carbons (Fsp3) is 0.923. The SMILES string of the molecule is CNC(C)(CC(C)SCC1CCCC1)C(N)=O. The molecule has 3 N–H and O–H groups in total. The van der Waals surface area contributed by atoms with Crippen LogP contribution >= 0.6 is 11.8 Å². The third-order valence-electron chi connectivity index (χ3n) is 3.88. The second-order valence-corrected chi connectivity index (χ2v) is 6.92. The Morgan fingerprint density at radius 1 is 1.53 bits per heavy atom. The summed E-state index contributed by atoms with van der Waals surface area (Å²) in [5.41, 5.74) is 4.87. The molecule has 17 heavy (non-hydrogen) atoms. The molecule has 1 aliphatic carbocycles. The molecular weight excluding hydrogens is 232 g/mol. The number of thioether (sulfide) groups is 1. The van der Waals surface area contributed by atoms with E-state index in [4.69, 9.17) is 5.73 Å². The molecule has 0 heterocycles. The summed E-state index contributed by atoms with van der Waals surface area (Å²) in [5, 5.41) is 3.52. The third kappa shape index (κ3) is 4.51. The quantitative estimate of drug-likeness (QED) is 0.735. The van der Waals surface area contributed by atoms with Gasteiger partial charge in [-0.3, -0.25) is 4.79 Å². The molecular formula is C13H26N2OS. The monoisotopic (exact) mass is 258 g/mol. The summed E-state index contributed by atoms with van der Waals surface area (Å²) in [6.07, 6.45) is 6.37. The Hall–Kier alpha value is -0.220. The Labute approximate surface area is 109 Å². The topological polar surface area (TPSA) is 55.1 Å². The molecule has 0 spiro atoms. The Kier molecular flexibility index (Phi) is 5.80. The summed E-state index contributed by atoms with van der Waals surface area (Å²) in [6, 6.07) is 0. The molecule has 0 bridgehead atoms. The lowest BCUT2D eigenvalue weighted by Gasteiger charge is -2.28. The van der Waals surface area contributed by atoms with Gasteiger partial charge in [0.15, 0.2) is 0 Å². The highest BCUT2D eigenvalue weighted by atomic mass is 32.2. The number of carbonyl (C=O) groups is 1. The molecule has 2 atom stereocenters. The van der Waals surface area contributed by atoms with Crippen LogP contribution in [0.15, 0.2) is 0 Å². The lowest BCUT2D eigenvalue weighted by molar-refractivity contribution is -0.123. The van der Waals surface area contributed by atoms with Gasteiger partial charge in [-0.15, -0.1) is 0 Å². The molecule has 3 nitrogen and oxygen atoms in total. The number of nitrogens with two attached hydrogens (primary N) is 1. The van der Waals surface area contributed by atoms with Crippen molar-refractivity contribution in [3.8, 4) is 0 Å². The first kappa shape index (κ1) is 14.8. The molecule has 1 aliphatic rings. The van der Waals surface area contributed by atoms with E-state index in [2.05, 4.69) is 12.2 Å². The minimum absolute atomic E-state index is 0.256. The summed E-state index contributed by atoms with van der Waals surface area (Å²) >= 11 is 1.99. The van der Waals surface area contributed by atoms with Crippen molar-refractivity contribution in [2.24, 2.45) is 11.7 Å². The van der Waals surface area contributed by atoms with Crippen molar-refractivity contribution in [2.45, 2.75) is 56.7 Å².